The highest BCUT2D eigenvalue weighted by molar-refractivity contribution is 5.61. The summed E-state index contributed by atoms with van der Waals surface area (Å²) in [4.78, 5) is 4.09. The molecule has 3 N–H and O–H groups in total. The highest BCUT2D eigenvalue weighted by Crippen LogP contribution is 2.21. The number of anilines is 3. The first-order valence-corrected chi connectivity index (χ1v) is 4.90. The Morgan fingerprint density at radius 1 is 1.25 bits per heavy atom. The van der Waals surface area contributed by atoms with E-state index < -0.39 is 0 Å². The molecule has 0 saturated heterocycles. The van der Waals surface area contributed by atoms with Crippen molar-refractivity contribution in [3.8, 4) is 0 Å². The summed E-state index contributed by atoms with van der Waals surface area (Å²) in [5.74, 6) is 0.406. The van der Waals surface area contributed by atoms with Crippen LogP contribution in [0.4, 0.5) is 21.6 Å². The molecule has 0 saturated carbocycles. The number of hydrogen-bond donors (Lipinski definition) is 2. The smallest absolute Gasteiger partial charge is 0.130 e. The van der Waals surface area contributed by atoms with Crippen LogP contribution in [0.2, 0.25) is 0 Å². The monoisotopic (exact) mass is 217 g/mol. The van der Waals surface area contributed by atoms with E-state index in [0.29, 0.717) is 22.8 Å². The molecule has 0 fully saturated rings. The molecule has 4 heteroatoms. The van der Waals surface area contributed by atoms with Crippen molar-refractivity contribution >= 4 is 17.2 Å². The zero-order valence-electron chi connectivity index (χ0n) is 8.87. The minimum absolute atomic E-state index is 0.236. The van der Waals surface area contributed by atoms with Crippen LogP contribution in [0.5, 0.6) is 0 Å². The first kappa shape index (κ1) is 10.4. The summed E-state index contributed by atoms with van der Waals surface area (Å²) in [6.45, 7) is 1.72. The Labute approximate surface area is 93.1 Å². The molecule has 0 aliphatic rings. The van der Waals surface area contributed by atoms with E-state index in [2.05, 4.69) is 10.3 Å². The molecule has 0 aliphatic carbocycles. The number of aromatic nitrogens is 1. The molecule has 0 aliphatic heterocycles. The maximum Gasteiger partial charge on any atom is 0.130 e. The Morgan fingerprint density at radius 3 is 2.75 bits per heavy atom. The summed E-state index contributed by atoms with van der Waals surface area (Å²) in [7, 11) is 0. The number of nitrogens with zero attached hydrogens (tertiary/aromatic N) is 1. The third kappa shape index (κ3) is 2.11. The van der Waals surface area contributed by atoms with Crippen molar-refractivity contribution in [3.05, 3.63) is 47.9 Å². The quantitative estimate of drug-likeness (QED) is 0.813. The van der Waals surface area contributed by atoms with Gasteiger partial charge in [-0.3, -0.25) is 0 Å². The maximum atomic E-state index is 13.3. The lowest BCUT2D eigenvalue weighted by Crippen LogP contribution is -1.97. The van der Waals surface area contributed by atoms with Gasteiger partial charge in [0.1, 0.15) is 11.6 Å². The Kier molecular flexibility index (Phi) is 2.72. The van der Waals surface area contributed by atoms with Crippen LogP contribution >= 0.6 is 0 Å². The van der Waals surface area contributed by atoms with Crippen LogP contribution in [-0.4, -0.2) is 4.98 Å². The van der Waals surface area contributed by atoms with Gasteiger partial charge < -0.3 is 11.1 Å². The number of pyridine rings is 1. The Hall–Kier alpha value is -2.10. The minimum atomic E-state index is -0.236. The number of benzene rings is 1. The van der Waals surface area contributed by atoms with Gasteiger partial charge in [0, 0.05) is 11.3 Å². The molecule has 82 valence electrons. The predicted octanol–water partition coefficient (Wildman–Crippen LogP) is 2.85. The van der Waals surface area contributed by atoms with Gasteiger partial charge in [0.2, 0.25) is 0 Å². The Morgan fingerprint density at radius 2 is 2.06 bits per heavy atom. The van der Waals surface area contributed by atoms with Crippen molar-refractivity contribution < 1.29 is 4.39 Å². The number of nitrogens with one attached hydrogen (secondary N) is 1. The topological polar surface area (TPSA) is 50.9 Å². The molecule has 0 amide bonds. The molecule has 1 aromatic carbocycles. The van der Waals surface area contributed by atoms with E-state index in [4.69, 9.17) is 5.73 Å². The van der Waals surface area contributed by atoms with Crippen LogP contribution in [0.15, 0.2) is 36.5 Å². The third-order valence-electron chi connectivity index (χ3n) is 2.32. The zero-order valence-corrected chi connectivity index (χ0v) is 8.87. The average Bonchev–Trinajstić information content (AvgIpc) is 2.28. The fourth-order valence-electron chi connectivity index (χ4n) is 1.36. The molecule has 0 unspecified atom stereocenters. The molecule has 3 nitrogen and oxygen atoms in total. The first-order chi connectivity index (χ1) is 7.66. The highest BCUT2D eigenvalue weighted by Gasteiger charge is 2.03. The second kappa shape index (κ2) is 4.18. The van der Waals surface area contributed by atoms with Gasteiger partial charge in [0.15, 0.2) is 0 Å². The summed E-state index contributed by atoms with van der Waals surface area (Å²) in [5.41, 5.74) is 7.40. The van der Waals surface area contributed by atoms with Crippen molar-refractivity contribution in [1.82, 2.24) is 4.98 Å². The standard InChI is InChI=1S/C12H12FN3/c1-8-10(13)3-2-4-11(8)16-12-6-5-9(14)7-15-12/h2-7H,14H2,1H3,(H,15,16). The van der Waals surface area contributed by atoms with Gasteiger partial charge >= 0.3 is 0 Å². The van der Waals surface area contributed by atoms with Crippen molar-refractivity contribution in [1.29, 1.82) is 0 Å². The fraction of sp³-hybridized carbons (Fsp3) is 0.0833. The van der Waals surface area contributed by atoms with E-state index in [-0.39, 0.29) is 5.82 Å². The molecule has 0 atom stereocenters. The van der Waals surface area contributed by atoms with Crippen LogP contribution in [0.1, 0.15) is 5.56 Å². The number of halogens is 1. The Bertz CT molecular complexity index is 494. The molecule has 0 spiro atoms. The van der Waals surface area contributed by atoms with E-state index in [9.17, 15) is 4.39 Å². The minimum Gasteiger partial charge on any atom is -0.397 e. The first-order valence-electron chi connectivity index (χ1n) is 4.90. The maximum absolute atomic E-state index is 13.3. The van der Waals surface area contributed by atoms with Gasteiger partial charge in [0.05, 0.1) is 11.9 Å². The third-order valence-corrected chi connectivity index (χ3v) is 2.32. The van der Waals surface area contributed by atoms with Crippen LogP contribution in [0.3, 0.4) is 0 Å². The van der Waals surface area contributed by atoms with Crippen molar-refractivity contribution in [2.45, 2.75) is 6.92 Å². The molecule has 2 rings (SSSR count). The number of rotatable bonds is 2. The average molecular weight is 217 g/mol. The van der Waals surface area contributed by atoms with Crippen LogP contribution in [0, 0.1) is 12.7 Å². The molecular formula is C12H12FN3. The molecule has 2 aromatic rings. The molecule has 1 aromatic heterocycles. The molecular weight excluding hydrogens is 205 g/mol. The summed E-state index contributed by atoms with van der Waals surface area (Å²) in [5, 5.41) is 3.03. The summed E-state index contributed by atoms with van der Waals surface area (Å²) < 4.78 is 13.3. The normalized spacial score (nSPS) is 10.1. The van der Waals surface area contributed by atoms with Gasteiger partial charge in [-0.15, -0.1) is 0 Å². The lowest BCUT2D eigenvalue weighted by Gasteiger charge is -2.09. The Balaban J connectivity index is 2.27. The van der Waals surface area contributed by atoms with E-state index in [1.165, 1.54) is 6.07 Å². The molecule has 0 bridgehead atoms. The van der Waals surface area contributed by atoms with E-state index in [1.807, 2.05) is 0 Å². The zero-order chi connectivity index (χ0) is 11.5. The van der Waals surface area contributed by atoms with E-state index in [1.54, 1.807) is 37.4 Å². The number of nitrogens with two attached hydrogens (primary N) is 1. The van der Waals surface area contributed by atoms with Gasteiger partial charge in [0.25, 0.3) is 0 Å². The second-order valence-electron chi connectivity index (χ2n) is 3.51. The van der Waals surface area contributed by atoms with Gasteiger partial charge in [-0.05, 0) is 31.2 Å². The molecule has 0 radical (unpaired) electrons. The largest absolute Gasteiger partial charge is 0.397 e. The van der Waals surface area contributed by atoms with Crippen molar-refractivity contribution in [3.63, 3.8) is 0 Å². The van der Waals surface area contributed by atoms with E-state index in [0.717, 1.165) is 0 Å². The van der Waals surface area contributed by atoms with Crippen LogP contribution in [-0.2, 0) is 0 Å². The van der Waals surface area contributed by atoms with Crippen molar-refractivity contribution in [2.24, 2.45) is 0 Å². The predicted molar refractivity (Wildman–Crippen MR) is 63.1 cm³/mol. The molecule has 16 heavy (non-hydrogen) atoms. The van der Waals surface area contributed by atoms with E-state index >= 15 is 0 Å². The second-order valence-corrected chi connectivity index (χ2v) is 3.51. The van der Waals surface area contributed by atoms with Gasteiger partial charge in [-0.25, -0.2) is 9.37 Å². The fourth-order valence-corrected chi connectivity index (χ4v) is 1.36. The number of nitrogen functional groups attached to an aromatic ring is 1. The molecule has 1 heterocycles. The summed E-state index contributed by atoms with van der Waals surface area (Å²) in [6, 6.07) is 8.37. The summed E-state index contributed by atoms with van der Waals surface area (Å²) >= 11 is 0. The lowest BCUT2D eigenvalue weighted by molar-refractivity contribution is 0.619. The van der Waals surface area contributed by atoms with Crippen LogP contribution < -0.4 is 11.1 Å². The number of hydrogen-bond acceptors (Lipinski definition) is 3. The van der Waals surface area contributed by atoms with Gasteiger partial charge in [-0.2, -0.15) is 0 Å². The van der Waals surface area contributed by atoms with Gasteiger partial charge in [-0.1, -0.05) is 6.07 Å². The SMILES string of the molecule is Cc1c(F)cccc1Nc1ccc(N)cn1. The summed E-state index contributed by atoms with van der Waals surface area (Å²) in [6.07, 6.45) is 1.55. The van der Waals surface area contributed by atoms with Crippen molar-refractivity contribution in [2.75, 3.05) is 11.1 Å². The van der Waals surface area contributed by atoms with Crippen LogP contribution in [0.25, 0.3) is 0 Å². The highest BCUT2D eigenvalue weighted by atomic mass is 19.1. The lowest BCUT2D eigenvalue weighted by atomic mass is 10.2.